The fourth-order valence-electron chi connectivity index (χ4n) is 8.70. The minimum absolute atomic E-state index is 0.0107. The molecule has 0 aliphatic carbocycles. The standard InChI is InChI=1S/C59H71N7O13/c1-58(2,3)78-46-29-24-39(25-30-46)34-48(64-57(73)79-59(4,5)6)53(69)62-47(19-12-13-31-60-56(72)77-38-40-15-8-7-9-16-40)52(68)63-49(35-42-21-26-43-17-10-11-18-44(43)33-42)55(71)65-32-14-20-50(65)54(70)61-36-51(67)76-37-41-22-27-45(28-23-41)66(74)75/h7-11,15-18,21-30,33,47-50H,12-14,19-20,31-32,34-38H2,1-6H3,(H,60,72)(H,61,70)(H,62,69)(H,63,68)(H,64,73)/t47-,48+,49+,50-/m1/s1. The molecule has 20 nitrogen and oxygen atoms in total. The number of hydrogen-bond acceptors (Lipinski definition) is 13. The van der Waals surface area contributed by atoms with E-state index < -0.39 is 88.6 Å². The molecule has 1 aliphatic rings. The normalized spacial score (nSPS) is 14.4. The van der Waals surface area contributed by atoms with Gasteiger partial charge in [-0.3, -0.25) is 34.1 Å². The number of nitrogens with one attached hydrogen (secondary N) is 5. The van der Waals surface area contributed by atoms with E-state index in [1.54, 1.807) is 45.0 Å². The number of fused-ring (bicyclic) bond motifs is 1. The number of likely N-dealkylation sites (tertiary alicyclic amines) is 1. The van der Waals surface area contributed by atoms with Crippen LogP contribution in [0.2, 0.25) is 0 Å². The van der Waals surface area contributed by atoms with E-state index >= 15 is 0 Å². The fourth-order valence-corrected chi connectivity index (χ4v) is 8.70. The Morgan fingerprint density at radius 3 is 1.92 bits per heavy atom. The van der Waals surface area contributed by atoms with Gasteiger partial charge in [-0.25, -0.2) is 9.59 Å². The van der Waals surface area contributed by atoms with Gasteiger partial charge >= 0.3 is 18.2 Å². The number of nitrogens with zero attached hydrogens (tertiary/aromatic N) is 2. The molecule has 0 saturated carbocycles. The smallest absolute Gasteiger partial charge is 0.408 e. The van der Waals surface area contributed by atoms with Crippen molar-refractivity contribution >= 4 is 58.2 Å². The van der Waals surface area contributed by atoms with Crippen LogP contribution in [0.15, 0.2) is 121 Å². The minimum Gasteiger partial charge on any atom is -0.488 e. The zero-order chi connectivity index (χ0) is 57.1. The summed E-state index contributed by atoms with van der Waals surface area (Å²) in [4.78, 5) is 109. The van der Waals surface area contributed by atoms with Crippen LogP contribution in [-0.2, 0) is 64.2 Å². The largest absolute Gasteiger partial charge is 0.488 e. The van der Waals surface area contributed by atoms with Crippen molar-refractivity contribution in [3.63, 3.8) is 0 Å². The van der Waals surface area contributed by atoms with Crippen LogP contribution in [0.5, 0.6) is 5.75 Å². The van der Waals surface area contributed by atoms with Crippen molar-refractivity contribution in [1.29, 1.82) is 0 Å². The number of benzene rings is 5. The van der Waals surface area contributed by atoms with Crippen LogP contribution >= 0.6 is 0 Å². The van der Waals surface area contributed by atoms with Crippen LogP contribution in [-0.4, -0.2) is 107 Å². The van der Waals surface area contributed by atoms with E-state index in [1.165, 1.54) is 29.2 Å². The molecule has 4 atom stereocenters. The van der Waals surface area contributed by atoms with Crippen molar-refractivity contribution in [1.82, 2.24) is 31.5 Å². The molecule has 6 amide bonds. The molecule has 0 unspecified atom stereocenters. The molecule has 20 heteroatoms. The van der Waals surface area contributed by atoms with E-state index in [9.17, 15) is 43.7 Å². The van der Waals surface area contributed by atoms with Gasteiger partial charge in [0.05, 0.1) is 4.92 Å². The van der Waals surface area contributed by atoms with Crippen molar-refractivity contribution in [2.24, 2.45) is 0 Å². The van der Waals surface area contributed by atoms with Gasteiger partial charge in [0.2, 0.25) is 23.6 Å². The first-order valence-corrected chi connectivity index (χ1v) is 26.4. The maximum atomic E-state index is 14.9. The molecule has 0 aromatic heterocycles. The Morgan fingerprint density at radius 1 is 0.633 bits per heavy atom. The lowest BCUT2D eigenvalue weighted by molar-refractivity contribution is -0.384. The minimum atomic E-state index is -1.29. The molecule has 0 spiro atoms. The zero-order valence-corrected chi connectivity index (χ0v) is 45.5. The molecule has 6 rings (SSSR count). The van der Waals surface area contributed by atoms with E-state index in [1.807, 2.05) is 93.6 Å². The van der Waals surface area contributed by atoms with Crippen LogP contribution in [0.1, 0.15) is 95.9 Å². The summed E-state index contributed by atoms with van der Waals surface area (Å²) in [5.74, 6) is -2.81. The van der Waals surface area contributed by atoms with Gasteiger partial charge in [-0.15, -0.1) is 0 Å². The maximum Gasteiger partial charge on any atom is 0.408 e. The molecule has 0 radical (unpaired) electrons. The highest BCUT2D eigenvalue weighted by Gasteiger charge is 2.39. The number of carbonyl (C=O) groups excluding carboxylic acids is 7. The second-order valence-corrected chi connectivity index (χ2v) is 21.2. The topological polar surface area (TPSA) is 263 Å². The van der Waals surface area contributed by atoms with Crippen LogP contribution < -0.4 is 31.3 Å². The monoisotopic (exact) mass is 1090 g/mol. The lowest BCUT2D eigenvalue weighted by Gasteiger charge is -2.30. The number of carbonyl (C=O) groups is 7. The highest BCUT2D eigenvalue weighted by Crippen LogP contribution is 2.23. The number of nitro benzene ring substituents is 1. The second kappa shape index (κ2) is 28.2. The Kier molecular flexibility index (Phi) is 21.3. The number of rotatable bonds is 24. The lowest BCUT2D eigenvalue weighted by Crippen LogP contribution is -2.59. The molecular weight excluding hydrogens is 1010 g/mol. The van der Waals surface area contributed by atoms with Crippen LogP contribution in [0.25, 0.3) is 10.8 Å². The molecule has 5 aromatic rings. The number of hydrogen-bond donors (Lipinski definition) is 5. The molecule has 1 heterocycles. The first-order valence-electron chi connectivity index (χ1n) is 26.4. The van der Waals surface area contributed by atoms with Gasteiger partial charge in [-0.2, -0.15) is 0 Å². The molecule has 5 N–H and O–H groups in total. The number of nitro groups is 1. The molecule has 1 aliphatic heterocycles. The molecule has 420 valence electrons. The zero-order valence-electron chi connectivity index (χ0n) is 45.5. The van der Waals surface area contributed by atoms with Gasteiger partial charge in [-0.05, 0) is 131 Å². The van der Waals surface area contributed by atoms with E-state index in [0.717, 1.165) is 16.3 Å². The van der Waals surface area contributed by atoms with Crippen molar-refractivity contribution in [3.8, 4) is 5.75 Å². The van der Waals surface area contributed by atoms with Gasteiger partial charge in [0.25, 0.3) is 5.69 Å². The van der Waals surface area contributed by atoms with Crippen molar-refractivity contribution in [3.05, 3.63) is 154 Å². The van der Waals surface area contributed by atoms with Gasteiger partial charge < -0.3 is 50.4 Å². The molecular formula is C59H71N7O13. The SMILES string of the molecule is CC(C)(C)OC(=O)N[C@@H](Cc1ccc(OC(C)(C)C)cc1)C(=O)N[C@H](CCCCNC(=O)OCc1ccccc1)C(=O)N[C@@H](Cc1ccc2ccccc2c1)C(=O)N1CCC[C@@H]1C(=O)NCC(=O)OCc1ccc([N+](=O)[O-])cc1. The summed E-state index contributed by atoms with van der Waals surface area (Å²) in [6.07, 6.45) is -0.136. The fraction of sp³-hybridized carbons (Fsp3) is 0.407. The highest BCUT2D eigenvalue weighted by atomic mass is 16.6. The van der Waals surface area contributed by atoms with Gasteiger partial charge in [-0.1, -0.05) is 84.9 Å². The predicted octanol–water partition coefficient (Wildman–Crippen LogP) is 7.52. The van der Waals surface area contributed by atoms with Crippen LogP contribution in [0.3, 0.4) is 0 Å². The number of non-ortho nitro benzene ring substituents is 1. The average molecular weight is 1090 g/mol. The van der Waals surface area contributed by atoms with E-state index in [-0.39, 0.29) is 57.7 Å². The summed E-state index contributed by atoms with van der Waals surface area (Å²) in [5.41, 5.74) is 1.16. The number of ether oxygens (including phenoxy) is 4. The summed E-state index contributed by atoms with van der Waals surface area (Å²) in [7, 11) is 0. The highest BCUT2D eigenvalue weighted by molar-refractivity contribution is 5.96. The average Bonchev–Trinajstić information content (AvgIpc) is 3.92. The molecule has 79 heavy (non-hydrogen) atoms. The number of alkyl carbamates (subject to hydrolysis) is 2. The van der Waals surface area contributed by atoms with Gasteiger partial charge in [0, 0.05) is 38.1 Å². The second-order valence-electron chi connectivity index (χ2n) is 21.2. The first kappa shape index (κ1) is 59.7. The molecule has 1 saturated heterocycles. The third-order valence-corrected chi connectivity index (χ3v) is 12.5. The number of amides is 6. The Morgan fingerprint density at radius 2 is 1.24 bits per heavy atom. The van der Waals surface area contributed by atoms with Crippen molar-refractivity contribution in [2.75, 3.05) is 19.6 Å². The van der Waals surface area contributed by atoms with Crippen molar-refractivity contribution in [2.45, 2.75) is 135 Å². The van der Waals surface area contributed by atoms with E-state index in [4.69, 9.17) is 18.9 Å². The third kappa shape index (κ3) is 19.8. The molecule has 0 bridgehead atoms. The molecule has 5 aromatic carbocycles. The van der Waals surface area contributed by atoms with Crippen LogP contribution in [0, 0.1) is 10.1 Å². The Bertz CT molecular complexity index is 2900. The van der Waals surface area contributed by atoms with Gasteiger partial charge in [0.15, 0.2) is 0 Å². The maximum absolute atomic E-state index is 14.9. The summed E-state index contributed by atoms with van der Waals surface area (Å²) in [6, 6.07) is 30.2. The number of esters is 1. The summed E-state index contributed by atoms with van der Waals surface area (Å²) < 4.78 is 22.2. The molecule has 1 fully saturated rings. The van der Waals surface area contributed by atoms with Crippen LogP contribution in [0.4, 0.5) is 15.3 Å². The van der Waals surface area contributed by atoms with Gasteiger partial charge in [0.1, 0.15) is 60.9 Å². The summed E-state index contributed by atoms with van der Waals surface area (Å²) in [6.45, 7) is 10.5. The van der Waals surface area contributed by atoms with Crippen molar-refractivity contribution < 1.29 is 57.4 Å². The van der Waals surface area contributed by atoms with E-state index in [0.29, 0.717) is 41.7 Å². The predicted molar refractivity (Wildman–Crippen MR) is 294 cm³/mol. The first-order chi connectivity index (χ1) is 37.6. The third-order valence-electron chi connectivity index (χ3n) is 12.5. The lowest BCUT2D eigenvalue weighted by atomic mass is 9.99. The summed E-state index contributed by atoms with van der Waals surface area (Å²) in [5, 5.41) is 26.6. The Balaban J connectivity index is 1.21. The summed E-state index contributed by atoms with van der Waals surface area (Å²) >= 11 is 0. The Labute approximate surface area is 459 Å². The number of unbranched alkanes of at least 4 members (excludes halogenated alkanes) is 1. The quantitative estimate of drug-likeness (QED) is 0.0132. The Hall–Kier alpha value is -8.55. The van der Waals surface area contributed by atoms with E-state index in [2.05, 4.69) is 26.6 Å².